The topological polar surface area (TPSA) is 29.5 Å². The largest absolute Gasteiger partial charge is 0.394 e. The van der Waals surface area contributed by atoms with Gasteiger partial charge in [-0.2, -0.15) is 0 Å². The van der Waals surface area contributed by atoms with Crippen molar-refractivity contribution in [3.8, 4) is 0 Å². The molecule has 0 amide bonds. The Morgan fingerprint density at radius 3 is 2.75 bits per heavy atom. The first-order chi connectivity index (χ1) is 3.91. The SMILES string of the molecule is C=CCCOCCO. The van der Waals surface area contributed by atoms with Crippen molar-refractivity contribution in [1.82, 2.24) is 0 Å². The fraction of sp³-hybridized carbons (Fsp3) is 0.667. The molecule has 48 valence electrons. The highest BCUT2D eigenvalue weighted by molar-refractivity contribution is 4.64. The first kappa shape index (κ1) is 7.66. The molecule has 0 saturated heterocycles. The van der Waals surface area contributed by atoms with Gasteiger partial charge < -0.3 is 9.84 Å². The zero-order valence-corrected chi connectivity index (χ0v) is 4.97. The summed E-state index contributed by atoms with van der Waals surface area (Å²) in [5.74, 6) is 0. The maximum Gasteiger partial charge on any atom is 0.0697 e. The van der Waals surface area contributed by atoms with Crippen LogP contribution in [0.4, 0.5) is 0 Å². The molecule has 0 heterocycles. The van der Waals surface area contributed by atoms with E-state index in [1.807, 2.05) is 0 Å². The summed E-state index contributed by atoms with van der Waals surface area (Å²) in [5.41, 5.74) is 0. The van der Waals surface area contributed by atoms with Crippen molar-refractivity contribution in [3.05, 3.63) is 12.7 Å². The first-order valence-corrected chi connectivity index (χ1v) is 2.71. The van der Waals surface area contributed by atoms with E-state index >= 15 is 0 Å². The highest BCUT2D eigenvalue weighted by Crippen LogP contribution is 1.80. The van der Waals surface area contributed by atoms with E-state index in [-0.39, 0.29) is 6.61 Å². The van der Waals surface area contributed by atoms with E-state index in [1.54, 1.807) is 6.08 Å². The van der Waals surface area contributed by atoms with Crippen LogP contribution in [0.3, 0.4) is 0 Å². The van der Waals surface area contributed by atoms with E-state index in [9.17, 15) is 0 Å². The maximum atomic E-state index is 8.21. The van der Waals surface area contributed by atoms with Gasteiger partial charge in [0.1, 0.15) is 0 Å². The van der Waals surface area contributed by atoms with Gasteiger partial charge >= 0.3 is 0 Å². The van der Waals surface area contributed by atoms with E-state index < -0.39 is 0 Å². The Bertz CT molecular complexity index is 52.5. The normalized spacial score (nSPS) is 9.12. The zero-order chi connectivity index (χ0) is 6.24. The number of ether oxygens (including phenoxy) is 1. The van der Waals surface area contributed by atoms with E-state index in [2.05, 4.69) is 6.58 Å². The molecule has 0 saturated carbocycles. The smallest absolute Gasteiger partial charge is 0.0697 e. The van der Waals surface area contributed by atoms with E-state index in [0.29, 0.717) is 13.2 Å². The van der Waals surface area contributed by atoms with Crippen LogP contribution in [-0.4, -0.2) is 24.9 Å². The van der Waals surface area contributed by atoms with Crippen molar-refractivity contribution >= 4 is 0 Å². The second kappa shape index (κ2) is 6.66. The molecule has 0 aromatic heterocycles. The maximum absolute atomic E-state index is 8.21. The summed E-state index contributed by atoms with van der Waals surface area (Å²) >= 11 is 0. The van der Waals surface area contributed by atoms with Gasteiger partial charge in [-0.3, -0.25) is 0 Å². The van der Waals surface area contributed by atoms with Crippen LogP contribution in [0.25, 0.3) is 0 Å². The molecule has 0 aromatic carbocycles. The molecule has 1 N–H and O–H groups in total. The highest BCUT2D eigenvalue weighted by Gasteiger charge is 1.80. The average Bonchev–Trinajstić information content (AvgIpc) is 1.81. The second-order valence-electron chi connectivity index (χ2n) is 1.41. The number of rotatable bonds is 5. The summed E-state index contributed by atoms with van der Waals surface area (Å²) in [6.07, 6.45) is 2.65. The quantitative estimate of drug-likeness (QED) is 0.420. The standard InChI is InChI=1S/C6H12O2/c1-2-3-5-8-6-4-7/h2,7H,1,3-6H2. The van der Waals surface area contributed by atoms with Gasteiger partial charge in [0.15, 0.2) is 0 Å². The molecule has 0 aliphatic rings. The molecule has 0 spiro atoms. The molecular weight excluding hydrogens is 104 g/mol. The second-order valence-corrected chi connectivity index (χ2v) is 1.41. The van der Waals surface area contributed by atoms with Gasteiger partial charge in [-0.1, -0.05) is 6.08 Å². The lowest BCUT2D eigenvalue weighted by Gasteiger charge is -1.95. The van der Waals surface area contributed by atoms with Crippen molar-refractivity contribution in [2.45, 2.75) is 6.42 Å². The van der Waals surface area contributed by atoms with Crippen molar-refractivity contribution < 1.29 is 9.84 Å². The third-order valence-electron chi connectivity index (χ3n) is 0.702. The molecule has 0 aromatic rings. The van der Waals surface area contributed by atoms with Gasteiger partial charge in [0.05, 0.1) is 19.8 Å². The summed E-state index contributed by atoms with van der Waals surface area (Å²) in [6.45, 7) is 4.73. The lowest BCUT2D eigenvalue weighted by Crippen LogP contribution is -1.99. The molecule has 2 heteroatoms. The average molecular weight is 116 g/mol. The van der Waals surface area contributed by atoms with E-state index in [4.69, 9.17) is 9.84 Å². The molecule has 0 radical (unpaired) electrons. The Balaban J connectivity index is 2.62. The Morgan fingerprint density at radius 2 is 2.25 bits per heavy atom. The van der Waals surface area contributed by atoms with Crippen LogP contribution >= 0.6 is 0 Å². The Morgan fingerprint density at radius 1 is 1.50 bits per heavy atom. The van der Waals surface area contributed by atoms with Gasteiger partial charge in [0.2, 0.25) is 0 Å². The van der Waals surface area contributed by atoms with Crippen LogP contribution in [0.1, 0.15) is 6.42 Å². The van der Waals surface area contributed by atoms with E-state index in [1.165, 1.54) is 0 Å². The van der Waals surface area contributed by atoms with E-state index in [0.717, 1.165) is 6.42 Å². The van der Waals surface area contributed by atoms with Crippen LogP contribution in [0, 0.1) is 0 Å². The number of hydrogen-bond acceptors (Lipinski definition) is 2. The van der Waals surface area contributed by atoms with Crippen LogP contribution in [0.2, 0.25) is 0 Å². The molecule has 8 heavy (non-hydrogen) atoms. The lowest BCUT2D eigenvalue weighted by atomic mass is 10.5. The lowest BCUT2D eigenvalue weighted by molar-refractivity contribution is 0.0955. The summed E-state index contributed by atoms with van der Waals surface area (Å²) in [4.78, 5) is 0. The van der Waals surface area contributed by atoms with Gasteiger partial charge in [-0.25, -0.2) is 0 Å². The minimum Gasteiger partial charge on any atom is -0.394 e. The van der Waals surface area contributed by atoms with Crippen LogP contribution < -0.4 is 0 Å². The van der Waals surface area contributed by atoms with Crippen molar-refractivity contribution in [2.24, 2.45) is 0 Å². The molecular formula is C6H12O2. The molecule has 0 fully saturated rings. The molecule has 0 rings (SSSR count). The summed E-state index contributed by atoms with van der Waals surface area (Å²) in [6, 6.07) is 0. The molecule has 0 unspecified atom stereocenters. The summed E-state index contributed by atoms with van der Waals surface area (Å²) in [5, 5.41) is 8.21. The summed E-state index contributed by atoms with van der Waals surface area (Å²) in [7, 11) is 0. The minimum atomic E-state index is 0.108. The van der Waals surface area contributed by atoms with Crippen LogP contribution in [-0.2, 0) is 4.74 Å². The molecule has 0 aliphatic heterocycles. The highest BCUT2D eigenvalue weighted by atomic mass is 16.5. The molecule has 0 aliphatic carbocycles. The number of aliphatic hydroxyl groups excluding tert-OH is 1. The fourth-order valence-corrected chi connectivity index (χ4v) is 0.333. The fourth-order valence-electron chi connectivity index (χ4n) is 0.333. The Hall–Kier alpha value is -0.340. The molecule has 0 bridgehead atoms. The predicted molar refractivity (Wildman–Crippen MR) is 32.7 cm³/mol. The number of aliphatic hydroxyl groups is 1. The summed E-state index contributed by atoms with van der Waals surface area (Å²) < 4.78 is 4.90. The van der Waals surface area contributed by atoms with Gasteiger partial charge in [-0.15, -0.1) is 6.58 Å². The van der Waals surface area contributed by atoms with Gasteiger partial charge in [0.25, 0.3) is 0 Å². The monoisotopic (exact) mass is 116 g/mol. The van der Waals surface area contributed by atoms with Gasteiger partial charge in [-0.05, 0) is 6.42 Å². The molecule has 0 atom stereocenters. The Labute approximate surface area is 49.8 Å². The minimum absolute atomic E-state index is 0.108. The van der Waals surface area contributed by atoms with Crippen molar-refractivity contribution in [3.63, 3.8) is 0 Å². The first-order valence-electron chi connectivity index (χ1n) is 2.71. The van der Waals surface area contributed by atoms with Crippen LogP contribution in [0.15, 0.2) is 12.7 Å². The van der Waals surface area contributed by atoms with Crippen LogP contribution in [0.5, 0.6) is 0 Å². The van der Waals surface area contributed by atoms with Crippen molar-refractivity contribution in [1.29, 1.82) is 0 Å². The van der Waals surface area contributed by atoms with Crippen molar-refractivity contribution in [2.75, 3.05) is 19.8 Å². The van der Waals surface area contributed by atoms with Gasteiger partial charge in [0, 0.05) is 0 Å². The third kappa shape index (κ3) is 5.66. The zero-order valence-electron chi connectivity index (χ0n) is 4.97. The molecule has 2 nitrogen and oxygen atoms in total. The number of hydrogen-bond donors (Lipinski definition) is 1. The third-order valence-corrected chi connectivity index (χ3v) is 0.702. The predicted octanol–water partition coefficient (Wildman–Crippen LogP) is 0.571. The Kier molecular flexibility index (Phi) is 6.38.